The van der Waals surface area contributed by atoms with E-state index in [0.717, 1.165) is 27.0 Å². The Morgan fingerprint density at radius 1 is 1.29 bits per heavy atom. The number of thiazole rings is 1. The summed E-state index contributed by atoms with van der Waals surface area (Å²) < 4.78 is 6.19. The lowest BCUT2D eigenvalue weighted by Gasteiger charge is -2.22. The van der Waals surface area contributed by atoms with Crippen LogP contribution in [-0.4, -0.2) is 34.3 Å². The van der Waals surface area contributed by atoms with E-state index in [4.69, 9.17) is 4.42 Å². The molecule has 0 saturated carbocycles. The molecule has 1 aliphatic heterocycles. The van der Waals surface area contributed by atoms with Gasteiger partial charge in [-0.05, 0) is 44.0 Å². The van der Waals surface area contributed by atoms with Gasteiger partial charge in [-0.15, -0.1) is 11.3 Å². The molecule has 1 fully saturated rings. The highest BCUT2D eigenvalue weighted by atomic mass is 79.9. The van der Waals surface area contributed by atoms with E-state index in [2.05, 4.69) is 26.2 Å². The van der Waals surface area contributed by atoms with Crippen LogP contribution in [0.5, 0.6) is 0 Å². The fourth-order valence-corrected chi connectivity index (χ4v) is 4.44. The number of amides is 2. The van der Waals surface area contributed by atoms with Crippen molar-refractivity contribution < 1.29 is 14.0 Å². The topological polar surface area (TPSA) is 75.4 Å². The maximum Gasteiger partial charge on any atom is 0.290 e. The standard InChI is InChI=1S/C20H18BrN3O3S/c1-12-17(13-6-8-14(21)9-7-13)22-20(28-12)23-18(25)15-4-2-10-24(15)19(26)16-5-3-11-27-16/h3,5-9,11,15H,2,4,10H2,1H3,(H,22,23,25). The third-order valence-electron chi connectivity index (χ3n) is 4.69. The molecule has 8 heteroatoms. The van der Waals surface area contributed by atoms with E-state index in [1.54, 1.807) is 17.0 Å². The van der Waals surface area contributed by atoms with Gasteiger partial charge in [-0.25, -0.2) is 4.98 Å². The first-order chi connectivity index (χ1) is 13.5. The number of carbonyl (C=O) groups is 2. The minimum Gasteiger partial charge on any atom is -0.459 e. The average Bonchev–Trinajstić information content (AvgIpc) is 3.43. The molecule has 4 rings (SSSR count). The van der Waals surface area contributed by atoms with Crippen molar-refractivity contribution in [3.05, 3.63) is 57.8 Å². The number of halogens is 1. The van der Waals surface area contributed by atoms with Gasteiger partial charge in [0.25, 0.3) is 5.91 Å². The smallest absolute Gasteiger partial charge is 0.290 e. The lowest BCUT2D eigenvalue weighted by molar-refractivity contribution is -0.119. The van der Waals surface area contributed by atoms with Crippen LogP contribution >= 0.6 is 27.3 Å². The molecule has 3 aromatic rings. The second-order valence-electron chi connectivity index (χ2n) is 6.55. The van der Waals surface area contributed by atoms with Gasteiger partial charge in [0.05, 0.1) is 12.0 Å². The zero-order valence-corrected chi connectivity index (χ0v) is 17.5. The Morgan fingerprint density at radius 2 is 2.07 bits per heavy atom. The van der Waals surface area contributed by atoms with Crippen molar-refractivity contribution in [3.63, 3.8) is 0 Å². The zero-order chi connectivity index (χ0) is 19.7. The zero-order valence-electron chi connectivity index (χ0n) is 15.1. The maximum absolute atomic E-state index is 12.8. The van der Waals surface area contributed by atoms with Crippen LogP contribution < -0.4 is 5.32 Å². The maximum atomic E-state index is 12.8. The van der Waals surface area contributed by atoms with Gasteiger partial charge >= 0.3 is 0 Å². The van der Waals surface area contributed by atoms with Crippen molar-refractivity contribution in [3.8, 4) is 11.3 Å². The molecule has 1 atom stereocenters. The molecule has 3 heterocycles. The molecule has 1 saturated heterocycles. The normalized spacial score (nSPS) is 16.4. The van der Waals surface area contributed by atoms with Gasteiger partial charge < -0.3 is 14.6 Å². The van der Waals surface area contributed by atoms with Crippen molar-refractivity contribution >= 4 is 44.2 Å². The second-order valence-corrected chi connectivity index (χ2v) is 8.67. The molecule has 2 amide bonds. The van der Waals surface area contributed by atoms with Gasteiger partial charge in [0.2, 0.25) is 5.91 Å². The Hall–Kier alpha value is -2.45. The molecule has 28 heavy (non-hydrogen) atoms. The first kappa shape index (κ1) is 18.9. The van der Waals surface area contributed by atoms with E-state index in [1.165, 1.54) is 17.6 Å². The molecule has 1 aromatic carbocycles. The van der Waals surface area contributed by atoms with E-state index in [1.807, 2.05) is 31.2 Å². The number of hydrogen-bond donors (Lipinski definition) is 1. The van der Waals surface area contributed by atoms with Crippen LogP contribution in [0.25, 0.3) is 11.3 Å². The lowest BCUT2D eigenvalue weighted by atomic mass is 10.1. The van der Waals surface area contributed by atoms with Crippen molar-refractivity contribution in [2.75, 3.05) is 11.9 Å². The average molecular weight is 460 g/mol. The predicted octanol–water partition coefficient (Wildman–Crippen LogP) is 4.72. The number of anilines is 1. The number of likely N-dealkylation sites (tertiary alicyclic amines) is 1. The summed E-state index contributed by atoms with van der Waals surface area (Å²) in [5.74, 6) is -0.218. The summed E-state index contributed by atoms with van der Waals surface area (Å²) in [6, 6.07) is 10.7. The third kappa shape index (κ3) is 3.74. The lowest BCUT2D eigenvalue weighted by Crippen LogP contribution is -2.43. The Morgan fingerprint density at radius 3 is 2.79 bits per heavy atom. The van der Waals surface area contributed by atoms with E-state index in [9.17, 15) is 9.59 Å². The fourth-order valence-electron chi connectivity index (χ4n) is 3.34. The molecular weight excluding hydrogens is 442 g/mol. The van der Waals surface area contributed by atoms with Crippen LogP contribution in [0.4, 0.5) is 5.13 Å². The van der Waals surface area contributed by atoms with Crippen LogP contribution in [0.15, 0.2) is 51.6 Å². The highest BCUT2D eigenvalue weighted by Gasteiger charge is 2.35. The number of benzene rings is 1. The Bertz CT molecular complexity index is 998. The van der Waals surface area contributed by atoms with Crippen LogP contribution in [0.3, 0.4) is 0 Å². The third-order valence-corrected chi connectivity index (χ3v) is 6.11. The first-order valence-corrected chi connectivity index (χ1v) is 10.5. The number of aromatic nitrogens is 1. The highest BCUT2D eigenvalue weighted by molar-refractivity contribution is 9.10. The Kier molecular flexibility index (Phi) is 5.32. The number of nitrogens with one attached hydrogen (secondary N) is 1. The second kappa shape index (κ2) is 7.89. The summed E-state index contributed by atoms with van der Waals surface area (Å²) in [7, 11) is 0. The van der Waals surface area contributed by atoms with Crippen molar-refractivity contribution in [2.45, 2.75) is 25.8 Å². The SMILES string of the molecule is Cc1sc(NC(=O)C2CCCN2C(=O)c2ccco2)nc1-c1ccc(Br)cc1. The van der Waals surface area contributed by atoms with Crippen LogP contribution in [0.1, 0.15) is 28.3 Å². The quantitative estimate of drug-likeness (QED) is 0.612. The molecule has 0 bridgehead atoms. The summed E-state index contributed by atoms with van der Waals surface area (Å²) in [5, 5.41) is 3.43. The van der Waals surface area contributed by atoms with Gasteiger partial charge in [-0.2, -0.15) is 0 Å². The van der Waals surface area contributed by atoms with E-state index in [0.29, 0.717) is 18.1 Å². The van der Waals surface area contributed by atoms with E-state index in [-0.39, 0.29) is 17.6 Å². The summed E-state index contributed by atoms with van der Waals surface area (Å²) in [5.41, 5.74) is 1.84. The molecule has 1 unspecified atom stereocenters. The van der Waals surface area contributed by atoms with E-state index < -0.39 is 6.04 Å². The first-order valence-electron chi connectivity index (χ1n) is 8.91. The van der Waals surface area contributed by atoms with Gasteiger partial charge in [0.15, 0.2) is 10.9 Å². The number of furan rings is 1. The Balaban J connectivity index is 1.50. The van der Waals surface area contributed by atoms with Gasteiger partial charge in [-0.1, -0.05) is 28.1 Å². The molecule has 0 aliphatic carbocycles. The predicted molar refractivity (Wildman–Crippen MR) is 111 cm³/mol. The van der Waals surface area contributed by atoms with Crippen LogP contribution in [0.2, 0.25) is 0 Å². The van der Waals surface area contributed by atoms with Crippen LogP contribution in [0, 0.1) is 6.92 Å². The Labute approximate surface area is 174 Å². The summed E-state index contributed by atoms with van der Waals surface area (Å²) >= 11 is 4.86. The van der Waals surface area contributed by atoms with Gasteiger partial charge in [0, 0.05) is 21.5 Å². The minimum absolute atomic E-state index is 0.214. The molecule has 144 valence electrons. The fraction of sp³-hybridized carbons (Fsp3) is 0.250. The van der Waals surface area contributed by atoms with Crippen molar-refractivity contribution in [1.82, 2.24) is 9.88 Å². The number of aryl methyl sites for hydroxylation is 1. The van der Waals surface area contributed by atoms with Gasteiger partial charge in [0.1, 0.15) is 6.04 Å². The summed E-state index contributed by atoms with van der Waals surface area (Å²) in [6.07, 6.45) is 2.87. The molecule has 1 aliphatic rings. The number of hydrogen-bond acceptors (Lipinski definition) is 5. The van der Waals surface area contributed by atoms with E-state index >= 15 is 0 Å². The number of rotatable bonds is 4. The largest absolute Gasteiger partial charge is 0.459 e. The molecule has 0 radical (unpaired) electrons. The number of nitrogens with zero attached hydrogens (tertiary/aromatic N) is 2. The van der Waals surface area contributed by atoms with Crippen molar-refractivity contribution in [1.29, 1.82) is 0 Å². The molecule has 2 aromatic heterocycles. The highest BCUT2D eigenvalue weighted by Crippen LogP contribution is 2.31. The van der Waals surface area contributed by atoms with Gasteiger partial charge in [-0.3, -0.25) is 9.59 Å². The number of carbonyl (C=O) groups excluding carboxylic acids is 2. The summed E-state index contributed by atoms with van der Waals surface area (Å²) in [4.78, 5) is 32.6. The van der Waals surface area contributed by atoms with Crippen molar-refractivity contribution in [2.24, 2.45) is 0 Å². The minimum atomic E-state index is -0.516. The monoisotopic (exact) mass is 459 g/mol. The molecule has 0 spiro atoms. The molecule has 6 nitrogen and oxygen atoms in total. The summed E-state index contributed by atoms with van der Waals surface area (Å²) in [6.45, 7) is 2.52. The molecular formula is C20H18BrN3O3S. The molecule has 1 N–H and O–H groups in total. The van der Waals surface area contributed by atoms with Crippen LogP contribution in [-0.2, 0) is 4.79 Å².